The summed E-state index contributed by atoms with van der Waals surface area (Å²) in [6, 6.07) is 7.35. The summed E-state index contributed by atoms with van der Waals surface area (Å²) < 4.78 is 53.3. The molecule has 3 aromatic rings. The van der Waals surface area contributed by atoms with Gasteiger partial charge in [-0.1, -0.05) is 30.7 Å². The first-order valence-corrected chi connectivity index (χ1v) is 14.9. The van der Waals surface area contributed by atoms with E-state index in [1.807, 2.05) is 0 Å². The molecular weight excluding hydrogens is 563 g/mol. The number of hydrogen-bond acceptors (Lipinski definition) is 8. The van der Waals surface area contributed by atoms with Crippen molar-refractivity contribution in [2.24, 2.45) is 0 Å². The summed E-state index contributed by atoms with van der Waals surface area (Å²) in [7, 11) is -0.669. The lowest BCUT2D eigenvalue weighted by Gasteiger charge is -2.28. The molecule has 0 saturated carbocycles. The quantitative estimate of drug-likeness (QED) is 0.359. The molecular formula is C27H32ClFN4O6S. The van der Waals surface area contributed by atoms with Crippen LogP contribution in [-0.2, 0) is 23.0 Å². The second-order valence-electron chi connectivity index (χ2n) is 9.79. The Morgan fingerprint density at radius 3 is 2.62 bits per heavy atom. The molecule has 1 saturated heterocycles. The van der Waals surface area contributed by atoms with Crippen LogP contribution in [0.1, 0.15) is 30.0 Å². The smallest absolute Gasteiger partial charge is 0.414 e. The number of rotatable bonds is 9. The van der Waals surface area contributed by atoms with Crippen LogP contribution in [0.2, 0.25) is 5.02 Å². The van der Waals surface area contributed by atoms with Crippen LogP contribution >= 0.6 is 11.6 Å². The van der Waals surface area contributed by atoms with Crippen LogP contribution in [0.5, 0.6) is 5.75 Å². The van der Waals surface area contributed by atoms with Gasteiger partial charge in [0.2, 0.25) is 10.0 Å². The zero-order chi connectivity index (χ0) is 29.0. The molecule has 1 aliphatic heterocycles. The van der Waals surface area contributed by atoms with Gasteiger partial charge in [0.25, 0.3) is 0 Å². The zero-order valence-electron chi connectivity index (χ0n) is 22.6. The minimum Gasteiger partial charge on any atom is -0.422 e. The topological polar surface area (TPSA) is 121 Å². The van der Waals surface area contributed by atoms with Crippen LogP contribution in [0.25, 0.3) is 11.0 Å². The Bertz CT molecular complexity index is 1570. The van der Waals surface area contributed by atoms with Crippen molar-refractivity contribution in [3.63, 3.8) is 0 Å². The highest BCUT2D eigenvalue weighted by Gasteiger charge is 2.23. The molecule has 1 aromatic heterocycles. The first-order chi connectivity index (χ1) is 19.0. The first-order valence-electron chi connectivity index (χ1n) is 12.9. The van der Waals surface area contributed by atoms with Crippen molar-refractivity contribution >= 4 is 44.4 Å². The molecule has 0 atom stereocenters. The lowest BCUT2D eigenvalue weighted by atomic mass is 9.97. The molecule has 1 fully saturated rings. The SMILES string of the molecule is CCCS(=O)(=O)Nc1cccc(Cc2c(CN3CCNCC3)c3cc(Cl)c(OC(=O)N(C)C)cc3oc2=O)c1F. The van der Waals surface area contributed by atoms with E-state index in [0.717, 1.165) is 26.2 Å². The Labute approximate surface area is 237 Å². The van der Waals surface area contributed by atoms with E-state index < -0.39 is 27.6 Å². The molecule has 40 heavy (non-hydrogen) atoms. The van der Waals surface area contributed by atoms with Crippen LogP contribution in [0.15, 0.2) is 39.5 Å². The predicted octanol–water partition coefficient (Wildman–Crippen LogP) is 3.79. The predicted molar refractivity (Wildman–Crippen MR) is 152 cm³/mol. The molecule has 4 rings (SSSR count). The van der Waals surface area contributed by atoms with E-state index in [1.54, 1.807) is 13.0 Å². The van der Waals surface area contributed by atoms with Gasteiger partial charge in [-0.2, -0.15) is 0 Å². The molecule has 0 spiro atoms. The maximum atomic E-state index is 15.5. The summed E-state index contributed by atoms with van der Waals surface area (Å²) in [5, 5.41) is 3.96. The van der Waals surface area contributed by atoms with Crippen molar-refractivity contribution in [1.29, 1.82) is 0 Å². The van der Waals surface area contributed by atoms with Gasteiger partial charge in [0.15, 0.2) is 11.6 Å². The van der Waals surface area contributed by atoms with Crippen LogP contribution in [0.4, 0.5) is 14.9 Å². The van der Waals surface area contributed by atoms with Crippen LogP contribution in [-0.4, -0.2) is 70.3 Å². The number of benzene rings is 2. The van der Waals surface area contributed by atoms with E-state index in [-0.39, 0.29) is 45.3 Å². The number of amides is 1. The van der Waals surface area contributed by atoms with Gasteiger partial charge >= 0.3 is 11.7 Å². The lowest BCUT2D eigenvalue weighted by molar-refractivity contribution is 0.172. The molecule has 216 valence electrons. The van der Waals surface area contributed by atoms with Gasteiger partial charge in [-0.25, -0.2) is 22.4 Å². The summed E-state index contributed by atoms with van der Waals surface area (Å²) in [5.74, 6) is -0.874. The fraction of sp³-hybridized carbons (Fsp3) is 0.407. The van der Waals surface area contributed by atoms with Crippen LogP contribution < -0.4 is 20.4 Å². The van der Waals surface area contributed by atoms with Gasteiger partial charge < -0.3 is 19.4 Å². The van der Waals surface area contributed by atoms with Gasteiger partial charge in [-0.3, -0.25) is 9.62 Å². The van der Waals surface area contributed by atoms with Crippen molar-refractivity contribution in [2.75, 3.05) is 50.7 Å². The molecule has 0 radical (unpaired) electrons. The number of nitrogens with one attached hydrogen (secondary N) is 2. The highest BCUT2D eigenvalue weighted by Crippen LogP contribution is 2.34. The number of ether oxygens (including phenoxy) is 1. The summed E-state index contributed by atoms with van der Waals surface area (Å²) >= 11 is 6.49. The number of sulfonamides is 1. The third-order valence-electron chi connectivity index (χ3n) is 6.51. The molecule has 0 aliphatic carbocycles. The third kappa shape index (κ3) is 6.92. The van der Waals surface area contributed by atoms with Crippen molar-refractivity contribution in [2.45, 2.75) is 26.3 Å². The summed E-state index contributed by atoms with van der Waals surface area (Å²) in [6.45, 7) is 5.10. The number of carbonyl (C=O) groups excluding carboxylic acids is 1. The molecule has 2 heterocycles. The average Bonchev–Trinajstić information content (AvgIpc) is 2.89. The second-order valence-corrected chi connectivity index (χ2v) is 12.0. The van der Waals surface area contributed by atoms with Gasteiger partial charge in [0.1, 0.15) is 5.58 Å². The number of fused-ring (bicyclic) bond motifs is 1. The van der Waals surface area contributed by atoms with E-state index in [1.165, 1.54) is 43.3 Å². The minimum absolute atomic E-state index is 0.0370. The molecule has 2 N–H and O–H groups in total. The second kappa shape index (κ2) is 12.5. The molecule has 0 bridgehead atoms. The average molecular weight is 595 g/mol. The first kappa shape index (κ1) is 29.8. The Kier molecular flexibility index (Phi) is 9.34. The van der Waals surface area contributed by atoms with Crippen molar-refractivity contribution in [3.8, 4) is 5.75 Å². The Morgan fingerprint density at radius 2 is 1.95 bits per heavy atom. The molecule has 1 aliphatic rings. The number of halogens is 2. The summed E-state index contributed by atoms with van der Waals surface area (Å²) in [6.07, 6.45) is -0.404. The number of piperazine rings is 1. The van der Waals surface area contributed by atoms with Gasteiger partial charge in [0.05, 0.1) is 16.5 Å². The fourth-order valence-corrected chi connectivity index (χ4v) is 5.83. The molecule has 10 nitrogen and oxygen atoms in total. The Balaban J connectivity index is 1.80. The number of carbonyl (C=O) groups is 1. The highest BCUT2D eigenvalue weighted by atomic mass is 35.5. The molecule has 0 unspecified atom stereocenters. The standard InChI is InChI=1S/C27H32ClFN4O6S/c1-4-12-40(36,37)31-22-7-5-6-17(25(22)29)13-19-20(16-33-10-8-30-9-11-33)18-14-21(28)24(39-27(35)32(2)3)15-23(18)38-26(19)34/h5-7,14-15,30-31H,4,8-13,16H2,1-3H3. The van der Waals surface area contributed by atoms with Crippen molar-refractivity contribution < 1.29 is 26.8 Å². The van der Waals surface area contributed by atoms with Crippen LogP contribution in [0, 0.1) is 5.82 Å². The largest absolute Gasteiger partial charge is 0.422 e. The van der Waals surface area contributed by atoms with Gasteiger partial charge in [-0.15, -0.1) is 0 Å². The van der Waals surface area contributed by atoms with Crippen molar-refractivity contribution in [1.82, 2.24) is 15.1 Å². The Hall–Kier alpha value is -3.19. The Morgan fingerprint density at radius 1 is 1.23 bits per heavy atom. The van der Waals surface area contributed by atoms with Crippen LogP contribution in [0.3, 0.4) is 0 Å². The van der Waals surface area contributed by atoms with E-state index >= 15 is 4.39 Å². The maximum Gasteiger partial charge on any atom is 0.414 e. The number of nitrogens with zero attached hydrogens (tertiary/aromatic N) is 2. The summed E-state index contributed by atoms with van der Waals surface area (Å²) in [5.41, 5.74) is 0.278. The van der Waals surface area contributed by atoms with Gasteiger partial charge in [-0.05, 0) is 29.7 Å². The van der Waals surface area contributed by atoms with Gasteiger partial charge in [0, 0.05) is 70.3 Å². The van der Waals surface area contributed by atoms with E-state index in [4.69, 9.17) is 20.8 Å². The zero-order valence-corrected chi connectivity index (χ0v) is 24.1. The monoisotopic (exact) mass is 594 g/mol. The van der Waals surface area contributed by atoms with E-state index in [0.29, 0.717) is 23.9 Å². The lowest BCUT2D eigenvalue weighted by Crippen LogP contribution is -2.43. The maximum absolute atomic E-state index is 15.5. The number of anilines is 1. The normalized spacial score (nSPS) is 14.3. The molecule has 13 heteroatoms. The summed E-state index contributed by atoms with van der Waals surface area (Å²) in [4.78, 5) is 28.9. The van der Waals surface area contributed by atoms with Crippen molar-refractivity contribution in [3.05, 3.63) is 68.3 Å². The van der Waals surface area contributed by atoms with E-state index in [9.17, 15) is 18.0 Å². The molecule has 2 aromatic carbocycles. The third-order valence-corrected chi connectivity index (χ3v) is 8.28. The minimum atomic E-state index is -3.72. The molecule has 1 amide bonds. The number of hydrogen-bond donors (Lipinski definition) is 2. The van der Waals surface area contributed by atoms with E-state index in [2.05, 4.69) is 14.9 Å². The highest BCUT2D eigenvalue weighted by molar-refractivity contribution is 7.92. The fourth-order valence-electron chi connectivity index (χ4n) is 4.49.